The van der Waals surface area contributed by atoms with Gasteiger partial charge in [-0.3, -0.25) is 4.79 Å². The van der Waals surface area contributed by atoms with Gasteiger partial charge in [0, 0.05) is 25.3 Å². The normalized spacial score (nSPS) is 20.1. The van der Waals surface area contributed by atoms with E-state index in [0.29, 0.717) is 37.1 Å². The number of nitrogens with one attached hydrogen (secondary N) is 1. The zero-order valence-corrected chi connectivity index (χ0v) is 17.1. The van der Waals surface area contributed by atoms with Crippen molar-refractivity contribution in [2.75, 3.05) is 32.1 Å². The number of ether oxygens (including phenoxy) is 1. The number of rotatable bonds is 6. The van der Waals surface area contributed by atoms with Gasteiger partial charge in [0.1, 0.15) is 4.90 Å². The van der Waals surface area contributed by atoms with Crippen molar-refractivity contribution >= 4 is 27.7 Å². The lowest BCUT2D eigenvalue weighted by atomic mass is 10.1. The Morgan fingerprint density at radius 3 is 2.52 bits per heavy atom. The molecule has 2 fully saturated rings. The Balaban J connectivity index is 1.50. The van der Waals surface area contributed by atoms with Gasteiger partial charge in [-0.2, -0.15) is 4.31 Å². The van der Waals surface area contributed by atoms with E-state index in [1.165, 1.54) is 47.9 Å². The fourth-order valence-electron chi connectivity index (χ4n) is 3.37. The summed E-state index contributed by atoms with van der Waals surface area (Å²) < 4.78 is 31.8. The predicted octanol–water partition coefficient (Wildman–Crippen LogP) is 2.03. The number of nitrogens with zero attached hydrogens (tertiary/aromatic N) is 2. The number of pyridine rings is 1. The molecule has 1 aliphatic heterocycles. The quantitative estimate of drug-likeness (QED) is 0.567. The summed E-state index contributed by atoms with van der Waals surface area (Å²) in [5.41, 5.74) is 0. The van der Waals surface area contributed by atoms with E-state index in [4.69, 9.17) is 4.74 Å². The van der Waals surface area contributed by atoms with Crippen LogP contribution in [-0.2, 0) is 19.6 Å². The summed E-state index contributed by atoms with van der Waals surface area (Å²) in [7, 11) is -3.53. The maximum Gasteiger partial charge on any atom is 0.244 e. The Bertz CT molecular complexity index is 711. The molecule has 0 bridgehead atoms. The zero-order chi connectivity index (χ0) is 19.1. The highest BCUT2D eigenvalue weighted by Crippen LogP contribution is 2.21. The Labute approximate surface area is 165 Å². The molecule has 1 aromatic heterocycles. The SMILES string of the molecule is O=C(CSc1ccc(S(=O)(=O)N2CCOCC2)cn1)NC1CCCCCC1. The van der Waals surface area contributed by atoms with Crippen LogP contribution in [-0.4, -0.2) is 61.7 Å². The van der Waals surface area contributed by atoms with Crippen LogP contribution in [0.2, 0.25) is 0 Å². The van der Waals surface area contributed by atoms with Crippen LogP contribution < -0.4 is 5.32 Å². The Morgan fingerprint density at radius 1 is 1.19 bits per heavy atom. The van der Waals surface area contributed by atoms with Crippen molar-refractivity contribution in [1.82, 2.24) is 14.6 Å². The third-order valence-electron chi connectivity index (χ3n) is 4.89. The summed E-state index contributed by atoms with van der Waals surface area (Å²) in [5, 5.41) is 3.75. The molecule has 7 nitrogen and oxygen atoms in total. The number of morpholine rings is 1. The molecule has 3 rings (SSSR count). The Hall–Kier alpha value is -1.16. The summed E-state index contributed by atoms with van der Waals surface area (Å²) in [6.45, 7) is 1.55. The molecule has 2 aliphatic rings. The lowest BCUT2D eigenvalue weighted by molar-refractivity contribution is -0.119. The van der Waals surface area contributed by atoms with E-state index in [-0.39, 0.29) is 16.8 Å². The van der Waals surface area contributed by atoms with Gasteiger partial charge in [0.05, 0.1) is 24.0 Å². The predicted molar refractivity (Wildman–Crippen MR) is 104 cm³/mol. The van der Waals surface area contributed by atoms with E-state index in [1.807, 2.05) is 0 Å². The standard InChI is InChI=1S/C18H27N3O4S2/c22-17(20-15-5-3-1-2-4-6-15)14-26-18-8-7-16(13-19-18)27(23,24)21-9-11-25-12-10-21/h7-8,13,15H,1-6,9-12,14H2,(H,20,22). The molecule has 9 heteroatoms. The number of sulfonamides is 1. The van der Waals surface area contributed by atoms with Gasteiger partial charge in [0.2, 0.25) is 15.9 Å². The molecule has 27 heavy (non-hydrogen) atoms. The molecule has 2 heterocycles. The minimum Gasteiger partial charge on any atom is -0.379 e. The maximum absolute atomic E-state index is 12.6. The van der Waals surface area contributed by atoms with Crippen molar-refractivity contribution in [1.29, 1.82) is 0 Å². The second-order valence-electron chi connectivity index (χ2n) is 6.89. The van der Waals surface area contributed by atoms with E-state index in [0.717, 1.165) is 12.8 Å². The van der Waals surface area contributed by atoms with E-state index in [9.17, 15) is 13.2 Å². The number of carbonyl (C=O) groups is 1. The molecule has 0 radical (unpaired) electrons. The molecule has 1 saturated carbocycles. The first kappa shape index (κ1) is 20.6. The van der Waals surface area contributed by atoms with Gasteiger partial charge in [-0.1, -0.05) is 37.4 Å². The van der Waals surface area contributed by atoms with Crippen LogP contribution in [0.15, 0.2) is 28.3 Å². The van der Waals surface area contributed by atoms with Crippen molar-refractivity contribution < 1.29 is 17.9 Å². The second-order valence-corrected chi connectivity index (χ2v) is 9.83. The number of thioether (sulfide) groups is 1. The highest BCUT2D eigenvalue weighted by atomic mass is 32.2. The van der Waals surface area contributed by atoms with Gasteiger partial charge < -0.3 is 10.1 Å². The van der Waals surface area contributed by atoms with Gasteiger partial charge in [0.15, 0.2) is 0 Å². The lowest BCUT2D eigenvalue weighted by Crippen LogP contribution is -2.40. The van der Waals surface area contributed by atoms with Crippen molar-refractivity contribution in [2.24, 2.45) is 0 Å². The van der Waals surface area contributed by atoms with E-state index >= 15 is 0 Å². The molecule has 0 aromatic carbocycles. The average Bonchev–Trinajstić information content (AvgIpc) is 2.96. The summed E-state index contributed by atoms with van der Waals surface area (Å²) in [6, 6.07) is 3.51. The van der Waals surface area contributed by atoms with Crippen molar-refractivity contribution in [2.45, 2.75) is 54.5 Å². The third-order valence-corrected chi connectivity index (χ3v) is 7.71. The van der Waals surface area contributed by atoms with E-state index < -0.39 is 10.0 Å². The van der Waals surface area contributed by atoms with E-state index in [2.05, 4.69) is 10.3 Å². The minimum absolute atomic E-state index is 0.0127. The number of hydrogen-bond donors (Lipinski definition) is 1. The first-order valence-corrected chi connectivity index (χ1v) is 11.9. The Kier molecular flexibility index (Phi) is 7.51. The first-order valence-electron chi connectivity index (χ1n) is 9.52. The third kappa shape index (κ3) is 5.91. The molecule has 150 valence electrons. The molecule has 1 aliphatic carbocycles. The van der Waals surface area contributed by atoms with Gasteiger partial charge in [0.25, 0.3) is 0 Å². The molecule has 1 aromatic rings. The molecule has 1 N–H and O–H groups in total. The van der Waals surface area contributed by atoms with Crippen LogP contribution in [0.5, 0.6) is 0 Å². The van der Waals surface area contributed by atoms with Crippen LogP contribution in [0.1, 0.15) is 38.5 Å². The second kappa shape index (κ2) is 9.86. The fourth-order valence-corrected chi connectivity index (χ4v) is 5.38. The molecule has 0 unspecified atom stereocenters. The topological polar surface area (TPSA) is 88.6 Å². The number of carbonyl (C=O) groups excluding carboxylic acids is 1. The number of hydrogen-bond acceptors (Lipinski definition) is 6. The molecule has 0 atom stereocenters. The highest BCUT2D eigenvalue weighted by molar-refractivity contribution is 7.99. The molecule has 1 amide bonds. The summed E-state index contributed by atoms with van der Waals surface area (Å²) in [6.07, 6.45) is 8.36. The fraction of sp³-hybridized carbons (Fsp3) is 0.667. The first-order chi connectivity index (χ1) is 13.1. The van der Waals surface area contributed by atoms with Crippen molar-refractivity contribution in [3.63, 3.8) is 0 Å². The molecule has 0 spiro atoms. The molecular formula is C18H27N3O4S2. The lowest BCUT2D eigenvalue weighted by Gasteiger charge is -2.25. The molecular weight excluding hydrogens is 386 g/mol. The summed E-state index contributed by atoms with van der Waals surface area (Å²) in [4.78, 5) is 16.6. The number of aromatic nitrogens is 1. The number of amides is 1. The van der Waals surface area contributed by atoms with Crippen LogP contribution in [0.25, 0.3) is 0 Å². The zero-order valence-electron chi connectivity index (χ0n) is 15.4. The summed E-state index contributed by atoms with van der Waals surface area (Å²) >= 11 is 1.33. The van der Waals surface area contributed by atoms with Crippen LogP contribution in [0.4, 0.5) is 0 Å². The molecule has 1 saturated heterocycles. The average molecular weight is 414 g/mol. The van der Waals surface area contributed by atoms with Gasteiger partial charge in [-0.15, -0.1) is 0 Å². The van der Waals surface area contributed by atoms with Gasteiger partial charge in [-0.25, -0.2) is 13.4 Å². The van der Waals surface area contributed by atoms with E-state index in [1.54, 1.807) is 12.1 Å². The van der Waals surface area contributed by atoms with Gasteiger partial charge >= 0.3 is 0 Å². The van der Waals surface area contributed by atoms with Crippen molar-refractivity contribution in [3.05, 3.63) is 18.3 Å². The smallest absolute Gasteiger partial charge is 0.244 e. The van der Waals surface area contributed by atoms with Crippen LogP contribution in [0, 0.1) is 0 Å². The highest BCUT2D eigenvalue weighted by Gasteiger charge is 2.26. The largest absolute Gasteiger partial charge is 0.379 e. The van der Waals surface area contributed by atoms with Crippen molar-refractivity contribution in [3.8, 4) is 0 Å². The van der Waals surface area contributed by atoms with Crippen LogP contribution >= 0.6 is 11.8 Å². The minimum atomic E-state index is -3.53. The van der Waals surface area contributed by atoms with Crippen LogP contribution in [0.3, 0.4) is 0 Å². The maximum atomic E-state index is 12.6. The van der Waals surface area contributed by atoms with Gasteiger partial charge in [-0.05, 0) is 25.0 Å². The monoisotopic (exact) mass is 413 g/mol. The summed E-state index contributed by atoms with van der Waals surface area (Å²) in [5.74, 6) is 0.303. The Morgan fingerprint density at radius 2 is 1.89 bits per heavy atom.